The predicted molar refractivity (Wildman–Crippen MR) is 63.3 cm³/mol. The highest BCUT2D eigenvalue weighted by Gasteiger charge is 2.15. The van der Waals surface area contributed by atoms with Crippen LogP contribution in [0.25, 0.3) is 11.0 Å². The van der Waals surface area contributed by atoms with Crippen molar-refractivity contribution in [3.63, 3.8) is 0 Å². The monoisotopic (exact) mass is 234 g/mol. The van der Waals surface area contributed by atoms with Crippen LogP contribution in [0.15, 0.2) is 28.9 Å². The molecule has 0 aliphatic heterocycles. The molecule has 0 saturated carbocycles. The fourth-order valence-corrected chi connectivity index (χ4v) is 1.77. The average molecular weight is 234 g/mol. The minimum Gasteiger partial charge on any atom is -0.497 e. The molecule has 17 heavy (non-hydrogen) atoms. The molecular weight excluding hydrogens is 220 g/mol. The Hall–Kier alpha value is -1.97. The van der Waals surface area contributed by atoms with Crippen LogP contribution in [-0.2, 0) is 11.2 Å². The van der Waals surface area contributed by atoms with Crippen LogP contribution >= 0.6 is 0 Å². The molecule has 1 unspecified atom stereocenters. The highest BCUT2D eigenvalue weighted by Crippen LogP contribution is 2.27. The van der Waals surface area contributed by atoms with E-state index in [4.69, 9.17) is 14.3 Å². The number of carbonyl (C=O) groups is 1. The number of hydrogen-bond donors (Lipinski definition) is 1. The Bertz CT molecular complexity index is 541. The van der Waals surface area contributed by atoms with E-state index in [1.54, 1.807) is 26.4 Å². The molecule has 4 heteroatoms. The molecule has 4 nitrogen and oxygen atoms in total. The van der Waals surface area contributed by atoms with Crippen LogP contribution in [0.3, 0.4) is 0 Å². The first kappa shape index (κ1) is 11.5. The van der Waals surface area contributed by atoms with E-state index >= 15 is 0 Å². The zero-order valence-electron chi connectivity index (χ0n) is 9.77. The van der Waals surface area contributed by atoms with Crippen molar-refractivity contribution in [3.05, 3.63) is 30.0 Å². The molecule has 0 spiro atoms. The molecular formula is C13H14O4. The highest BCUT2D eigenvalue weighted by molar-refractivity contribution is 5.83. The van der Waals surface area contributed by atoms with Gasteiger partial charge in [0.1, 0.15) is 11.3 Å². The number of benzene rings is 1. The van der Waals surface area contributed by atoms with Gasteiger partial charge in [-0.3, -0.25) is 4.79 Å². The number of ether oxygens (including phenoxy) is 1. The third kappa shape index (κ3) is 2.25. The Labute approximate surface area is 98.8 Å². The summed E-state index contributed by atoms with van der Waals surface area (Å²) in [7, 11) is 1.59. The number of fused-ring (bicyclic) bond motifs is 1. The molecule has 1 aromatic carbocycles. The number of aliphatic carboxylic acids is 1. The standard InChI is InChI=1S/C13H14O4/c1-8(13(14)15)5-9-7-17-12-6-10(16-2)3-4-11(9)12/h3-4,6-8H,5H2,1-2H3,(H,14,15). The summed E-state index contributed by atoms with van der Waals surface area (Å²) >= 11 is 0. The van der Waals surface area contributed by atoms with Crippen LogP contribution in [-0.4, -0.2) is 18.2 Å². The Morgan fingerprint density at radius 2 is 2.29 bits per heavy atom. The van der Waals surface area contributed by atoms with Gasteiger partial charge < -0.3 is 14.3 Å². The number of furan rings is 1. The quantitative estimate of drug-likeness (QED) is 0.883. The zero-order valence-corrected chi connectivity index (χ0v) is 9.77. The van der Waals surface area contributed by atoms with E-state index < -0.39 is 11.9 Å². The van der Waals surface area contributed by atoms with Crippen molar-refractivity contribution >= 4 is 16.9 Å². The minimum atomic E-state index is -0.798. The van der Waals surface area contributed by atoms with Crippen LogP contribution in [0.4, 0.5) is 0 Å². The van der Waals surface area contributed by atoms with Gasteiger partial charge in [-0.1, -0.05) is 6.92 Å². The van der Waals surface area contributed by atoms with Crippen LogP contribution in [0.1, 0.15) is 12.5 Å². The van der Waals surface area contributed by atoms with Gasteiger partial charge in [0.2, 0.25) is 0 Å². The summed E-state index contributed by atoms with van der Waals surface area (Å²) in [4.78, 5) is 10.8. The summed E-state index contributed by atoms with van der Waals surface area (Å²) in [6.45, 7) is 1.69. The van der Waals surface area contributed by atoms with E-state index in [1.807, 2.05) is 12.1 Å². The molecule has 1 aromatic heterocycles. The van der Waals surface area contributed by atoms with Crippen molar-refractivity contribution in [3.8, 4) is 5.75 Å². The number of hydrogen-bond acceptors (Lipinski definition) is 3. The topological polar surface area (TPSA) is 59.7 Å². The molecule has 2 rings (SSSR count). The molecule has 0 amide bonds. The molecule has 1 N–H and O–H groups in total. The van der Waals surface area contributed by atoms with E-state index in [2.05, 4.69) is 0 Å². The van der Waals surface area contributed by atoms with Gasteiger partial charge in [-0.15, -0.1) is 0 Å². The van der Waals surface area contributed by atoms with E-state index in [0.717, 1.165) is 22.3 Å². The number of rotatable bonds is 4. The van der Waals surface area contributed by atoms with Crippen LogP contribution in [0.2, 0.25) is 0 Å². The zero-order chi connectivity index (χ0) is 12.4. The van der Waals surface area contributed by atoms with E-state index in [1.165, 1.54) is 0 Å². The van der Waals surface area contributed by atoms with Gasteiger partial charge in [-0.05, 0) is 24.1 Å². The lowest BCUT2D eigenvalue weighted by Gasteiger charge is -2.04. The molecule has 0 radical (unpaired) electrons. The molecule has 0 bridgehead atoms. The Morgan fingerprint density at radius 1 is 1.53 bits per heavy atom. The van der Waals surface area contributed by atoms with E-state index in [9.17, 15) is 4.79 Å². The van der Waals surface area contributed by atoms with Gasteiger partial charge in [0.15, 0.2) is 0 Å². The normalized spacial score (nSPS) is 12.6. The second-order valence-electron chi connectivity index (χ2n) is 4.07. The summed E-state index contributed by atoms with van der Waals surface area (Å²) in [5.41, 5.74) is 1.63. The molecule has 0 aliphatic carbocycles. The summed E-state index contributed by atoms with van der Waals surface area (Å²) < 4.78 is 10.5. The molecule has 1 heterocycles. The summed E-state index contributed by atoms with van der Waals surface area (Å²) in [6, 6.07) is 5.53. The first-order chi connectivity index (χ1) is 8.11. The maximum atomic E-state index is 10.8. The predicted octanol–water partition coefficient (Wildman–Crippen LogP) is 2.70. The van der Waals surface area contributed by atoms with Gasteiger partial charge in [0.25, 0.3) is 0 Å². The molecule has 1 atom stereocenters. The minimum absolute atomic E-state index is 0.419. The van der Waals surface area contributed by atoms with Gasteiger partial charge in [0.05, 0.1) is 19.3 Å². The third-order valence-electron chi connectivity index (χ3n) is 2.81. The second kappa shape index (κ2) is 4.49. The largest absolute Gasteiger partial charge is 0.497 e. The van der Waals surface area contributed by atoms with Crippen LogP contribution < -0.4 is 4.74 Å². The van der Waals surface area contributed by atoms with Crippen molar-refractivity contribution in [2.45, 2.75) is 13.3 Å². The van der Waals surface area contributed by atoms with Crippen molar-refractivity contribution in [1.29, 1.82) is 0 Å². The maximum absolute atomic E-state index is 10.8. The number of carboxylic acid groups (broad SMARTS) is 1. The van der Waals surface area contributed by atoms with Crippen LogP contribution in [0, 0.1) is 5.92 Å². The van der Waals surface area contributed by atoms with Crippen molar-refractivity contribution in [2.75, 3.05) is 7.11 Å². The van der Waals surface area contributed by atoms with Crippen molar-refractivity contribution in [1.82, 2.24) is 0 Å². The van der Waals surface area contributed by atoms with Gasteiger partial charge in [-0.25, -0.2) is 0 Å². The fourth-order valence-electron chi connectivity index (χ4n) is 1.77. The smallest absolute Gasteiger partial charge is 0.306 e. The van der Waals surface area contributed by atoms with Gasteiger partial charge >= 0.3 is 5.97 Å². The lowest BCUT2D eigenvalue weighted by molar-refractivity contribution is -0.141. The Balaban J connectivity index is 2.33. The molecule has 0 saturated heterocycles. The SMILES string of the molecule is COc1ccc2c(CC(C)C(=O)O)coc2c1. The van der Waals surface area contributed by atoms with E-state index in [0.29, 0.717) is 6.42 Å². The molecule has 90 valence electrons. The first-order valence-corrected chi connectivity index (χ1v) is 5.38. The second-order valence-corrected chi connectivity index (χ2v) is 4.07. The Morgan fingerprint density at radius 3 is 2.94 bits per heavy atom. The van der Waals surface area contributed by atoms with E-state index in [-0.39, 0.29) is 0 Å². The van der Waals surface area contributed by atoms with Gasteiger partial charge in [0, 0.05) is 11.5 Å². The van der Waals surface area contributed by atoms with Crippen molar-refractivity contribution in [2.24, 2.45) is 5.92 Å². The lowest BCUT2D eigenvalue weighted by atomic mass is 10.0. The lowest BCUT2D eigenvalue weighted by Crippen LogP contribution is -2.11. The third-order valence-corrected chi connectivity index (χ3v) is 2.81. The summed E-state index contributed by atoms with van der Waals surface area (Å²) in [5, 5.41) is 9.83. The van der Waals surface area contributed by atoms with Crippen molar-refractivity contribution < 1.29 is 19.1 Å². The highest BCUT2D eigenvalue weighted by atomic mass is 16.5. The molecule has 0 fully saturated rings. The first-order valence-electron chi connectivity index (χ1n) is 5.38. The maximum Gasteiger partial charge on any atom is 0.306 e. The summed E-state index contributed by atoms with van der Waals surface area (Å²) in [5.74, 6) is -0.490. The van der Waals surface area contributed by atoms with Gasteiger partial charge in [-0.2, -0.15) is 0 Å². The fraction of sp³-hybridized carbons (Fsp3) is 0.308. The Kier molecular flexibility index (Phi) is 3.04. The number of methoxy groups -OCH3 is 1. The average Bonchev–Trinajstić information content (AvgIpc) is 2.71. The molecule has 2 aromatic rings. The molecule has 0 aliphatic rings. The van der Waals surface area contributed by atoms with Crippen LogP contribution in [0.5, 0.6) is 5.75 Å². The summed E-state index contributed by atoms with van der Waals surface area (Å²) in [6.07, 6.45) is 2.08. The number of carboxylic acids is 1.